The van der Waals surface area contributed by atoms with Gasteiger partial charge in [-0.25, -0.2) is 31.0 Å². The van der Waals surface area contributed by atoms with Crippen LogP contribution in [0.25, 0.3) is 4.13 Å². The average Bonchev–Trinajstić information content (AvgIpc) is 2.97. The van der Waals surface area contributed by atoms with E-state index < -0.39 is 37.2 Å². The quantitative estimate of drug-likeness (QED) is 0.102. The van der Waals surface area contributed by atoms with Crippen LogP contribution in [0.15, 0.2) is 78.0 Å². The smallest absolute Gasteiger partial charge is 0.443 e. The number of nitrogens with one attached hydrogen (secondary N) is 1. The third-order valence-corrected chi connectivity index (χ3v) is 8.60. The summed E-state index contributed by atoms with van der Waals surface area (Å²) in [5, 5.41) is 2.75. The Labute approximate surface area is 266 Å². The number of isocyanates is 1. The van der Waals surface area contributed by atoms with Crippen LogP contribution in [0.4, 0.5) is 42.5 Å². The van der Waals surface area contributed by atoms with Crippen molar-refractivity contribution in [3.05, 3.63) is 93.9 Å². The first-order valence-corrected chi connectivity index (χ1v) is 16.3. The number of anilines is 1. The van der Waals surface area contributed by atoms with Crippen molar-refractivity contribution in [2.45, 2.75) is 50.2 Å². The molecule has 0 saturated carbocycles. The molecule has 1 N–H and O–H groups in total. The van der Waals surface area contributed by atoms with Gasteiger partial charge in [-0.3, -0.25) is 5.32 Å². The normalized spacial score (nSPS) is 11.9. The number of benzene rings is 2. The van der Waals surface area contributed by atoms with Gasteiger partial charge in [0.2, 0.25) is 6.08 Å². The summed E-state index contributed by atoms with van der Waals surface area (Å²) in [6.07, 6.45) is 9.33. The first-order chi connectivity index (χ1) is 21.9. The van der Waals surface area contributed by atoms with Gasteiger partial charge in [-0.2, -0.15) is 31.3 Å². The minimum atomic E-state index is -6.72. The second-order valence-electron chi connectivity index (χ2n) is 9.47. The van der Waals surface area contributed by atoms with Crippen LogP contribution in [0.5, 0.6) is 0 Å². The van der Waals surface area contributed by atoms with Gasteiger partial charge >= 0.3 is 17.1 Å². The SMILES string of the molecule is CCCCc1cc[n+](CCOC(=O)Nc2ccc(Cc3ccc(N=C=O)cc3)cc2)cc1.O=S(=O)([N-]S(=O)(=O)C(F)(F)F)C(F)(F)F. The van der Waals surface area contributed by atoms with Gasteiger partial charge in [0.25, 0.3) is 0 Å². The fraction of sp³-hybridized carbons (Fsp3) is 0.321. The Kier molecular flexibility index (Phi) is 14.1. The van der Waals surface area contributed by atoms with Gasteiger partial charge in [0.15, 0.2) is 45.6 Å². The number of sulfonamides is 2. The Morgan fingerprint density at radius 3 is 1.83 bits per heavy atom. The second kappa shape index (κ2) is 17.0. The molecule has 256 valence electrons. The van der Waals surface area contributed by atoms with Gasteiger partial charge in [0.1, 0.15) is 0 Å². The Morgan fingerprint density at radius 2 is 1.36 bits per heavy atom. The topological polar surface area (TPSA) is 154 Å². The Bertz CT molecular complexity index is 1680. The molecule has 0 fully saturated rings. The van der Waals surface area contributed by atoms with Crippen LogP contribution in [-0.2, 0) is 49.0 Å². The lowest BCUT2D eigenvalue weighted by atomic mass is 10.0. The first-order valence-electron chi connectivity index (χ1n) is 13.4. The number of carbonyl (C=O) groups excluding carboxylic acids is 2. The van der Waals surface area contributed by atoms with E-state index >= 15 is 0 Å². The highest BCUT2D eigenvalue weighted by Crippen LogP contribution is 2.36. The van der Waals surface area contributed by atoms with Crippen molar-refractivity contribution in [3.63, 3.8) is 0 Å². The van der Waals surface area contributed by atoms with E-state index in [0.29, 0.717) is 24.5 Å². The number of aryl methyl sites for hydroxylation is 1. The van der Waals surface area contributed by atoms with E-state index in [1.807, 2.05) is 53.4 Å². The number of halogens is 6. The lowest BCUT2D eigenvalue weighted by Gasteiger charge is -2.22. The third-order valence-electron chi connectivity index (χ3n) is 5.86. The fourth-order valence-corrected chi connectivity index (χ4v) is 5.19. The van der Waals surface area contributed by atoms with Crippen molar-refractivity contribution in [1.82, 2.24) is 0 Å². The molecule has 0 atom stereocenters. The zero-order valence-electron chi connectivity index (χ0n) is 24.5. The van der Waals surface area contributed by atoms with E-state index in [-0.39, 0.29) is 0 Å². The maximum Gasteiger partial charge on any atom is 0.480 e. The summed E-state index contributed by atoms with van der Waals surface area (Å²) in [5.41, 5.74) is -7.60. The predicted octanol–water partition coefficient (Wildman–Crippen LogP) is 6.18. The number of hydrogen-bond acceptors (Lipinski definition) is 8. The number of alkyl halides is 6. The molecule has 19 heteroatoms. The number of ether oxygens (including phenoxy) is 1. The molecule has 0 aliphatic heterocycles. The van der Waals surface area contributed by atoms with E-state index in [1.165, 1.54) is 24.5 Å². The van der Waals surface area contributed by atoms with Crippen molar-refractivity contribution in [2.75, 3.05) is 11.9 Å². The van der Waals surface area contributed by atoms with Crippen molar-refractivity contribution in [3.8, 4) is 0 Å². The van der Waals surface area contributed by atoms with Crippen molar-refractivity contribution in [1.29, 1.82) is 0 Å². The average molecular weight is 711 g/mol. The molecule has 0 saturated heterocycles. The molecule has 2 aromatic carbocycles. The zero-order valence-corrected chi connectivity index (χ0v) is 26.1. The van der Waals surface area contributed by atoms with Crippen LogP contribution >= 0.6 is 0 Å². The number of carbonyl (C=O) groups is 1. The van der Waals surface area contributed by atoms with E-state index in [4.69, 9.17) is 4.74 Å². The largest absolute Gasteiger partial charge is 0.480 e. The summed E-state index contributed by atoms with van der Waals surface area (Å²) in [5.74, 6) is 0. The van der Waals surface area contributed by atoms with Crippen LogP contribution in [0.2, 0.25) is 0 Å². The molecule has 0 unspecified atom stereocenters. The second-order valence-corrected chi connectivity index (χ2v) is 12.9. The van der Waals surface area contributed by atoms with Gasteiger partial charge in [-0.15, -0.1) is 0 Å². The van der Waals surface area contributed by atoms with Crippen LogP contribution in [0.1, 0.15) is 36.5 Å². The number of nitrogens with zero attached hydrogens (tertiary/aromatic N) is 3. The minimum Gasteiger partial charge on any atom is -0.443 e. The zero-order chi connectivity index (χ0) is 35.3. The molecule has 3 aromatic rings. The van der Waals surface area contributed by atoms with E-state index in [2.05, 4.69) is 29.4 Å². The molecule has 0 aliphatic carbocycles. The molecule has 0 spiro atoms. The lowest BCUT2D eigenvalue weighted by molar-refractivity contribution is -0.697. The highest BCUT2D eigenvalue weighted by atomic mass is 32.3. The molecule has 0 radical (unpaired) electrons. The molecular formula is C28H28F6N4O7S2. The molecule has 0 aliphatic rings. The monoisotopic (exact) mass is 710 g/mol. The Balaban J connectivity index is 0.000000433. The molecule has 1 heterocycles. The molecule has 11 nitrogen and oxygen atoms in total. The molecule has 47 heavy (non-hydrogen) atoms. The summed E-state index contributed by atoms with van der Waals surface area (Å²) in [7, 11) is -13.4. The molecule has 3 rings (SSSR count). The number of pyridine rings is 1. The van der Waals surface area contributed by atoms with Crippen molar-refractivity contribution in [2.24, 2.45) is 4.99 Å². The van der Waals surface area contributed by atoms with Crippen molar-refractivity contribution >= 4 is 43.6 Å². The lowest BCUT2D eigenvalue weighted by Crippen LogP contribution is -2.36. The summed E-state index contributed by atoms with van der Waals surface area (Å²) < 4.78 is 116. The highest BCUT2D eigenvalue weighted by Gasteiger charge is 2.46. The number of unbranched alkanes of at least 4 members (excludes halogenated alkanes) is 1. The summed E-state index contributed by atoms with van der Waals surface area (Å²) in [4.78, 5) is 25.9. The maximum absolute atomic E-state index is 12.1. The van der Waals surface area contributed by atoms with Crippen LogP contribution < -0.4 is 9.88 Å². The van der Waals surface area contributed by atoms with E-state index in [1.54, 1.807) is 12.1 Å². The Hall–Kier alpha value is -4.32. The van der Waals surface area contributed by atoms with E-state index in [0.717, 1.165) is 28.1 Å². The third kappa shape index (κ3) is 13.1. The van der Waals surface area contributed by atoms with Gasteiger partial charge in [-0.1, -0.05) is 37.6 Å². The van der Waals surface area contributed by atoms with Crippen LogP contribution in [-0.4, -0.2) is 46.6 Å². The minimum absolute atomic E-state index is 0.299. The number of amides is 1. The number of rotatable bonds is 12. The molecule has 1 aromatic heterocycles. The standard InChI is InChI=1S/C26H27N3O3.C2F6NO4S2/c1-2-3-4-21-13-15-29(16-14-21)17-18-32-26(31)28-25-11-7-23(8-12-25)19-22-5-9-24(10-6-22)27-20-30;3-1(4,5)14(10,11)9-15(12,13)2(6,7)8/h5-16H,2-4,17-19H2,1H3;/q;-1/p+1. The summed E-state index contributed by atoms with van der Waals surface area (Å²) in [6, 6.07) is 19.3. The summed E-state index contributed by atoms with van der Waals surface area (Å²) in [6.45, 7) is 3.10. The maximum atomic E-state index is 12.1. The van der Waals surface area contributed by atoms with Gasteiger partial charge in [-0.05, 0) is 60.2 Å². The number of hydrogen-bond donors (Lipinski definition) is 1. The molecule has 0 bridgehead atoms. The number of aliphatic imine (C=N–C) groups is 1. The molecule has 1 amide bonds. The summed E-state index contributed by atoms with van der Waals surface area (Å²) >= 11 is 0. The van der Waals surface area contributed by atoms with Gasteiger partial charge in [0, 0.05) is 17.8 Å². The number of aromatic nitrogens is 1. The van der Waals surface area contributed by atoms with Gasteiger partial charge < -0.3 is 8.86 Å². The molecular weight excluding hydrogens is 682 g/mol. The fourth-order valence-electron chi connectivity index (χ4n) is 3.48. The van der Waals surface area contributed by atoms with Crippen molar-refractivity contribution < 1.29 is 62.1 Å². The van der Waals surface area contributed by atoms with E-state index in [9.17, 15) is 52.8 Å². The highest BCUT2D eigenvalue weighted by molar-refractivity contribution is 8.13. The van der Waals surface area contributed by atoms with Crippen LogP contribution in [0, 0.1) is 0 Å². The van der Waals surface area contributed by atoms with Crippen LogP contribution in [0.3, 0.4) is 0 Å². The predicted molar refractivity (Wildman–Crippen MR) is 157 cm³/mol. The first kappa shape index (κ1) is 38.9. The Morgan fingerprint density at radius 1 is 0.851 bits per heavy atom. The van der Waals surface area contributed by atoms with Gasteiger partial charge in [0.05, 0.1) is 5.69 Å².